The zero-order valence-electron chi connectivity index (χ0n) is 28.3. The maximum atomic E-state index is 12.8. The van der Waals surface area contributed by atoms with Crippen LogP contribution in [0.5, 0.6) is 0 Å². The van der Waals surface area contributed by atoms with Gasteiger partial charge in [-0.2, -0.15) is 18.4 Å². The molecule has 1 amide bonds. The lowest BCUT2D eigenvalue weighted by atomic mass is 10.0. The molecule has 0 bridgehead atoms. The lowest BCUT2D eigenvalue weighted by Crippen LogP contribution is -2.46. The number of fused-ring (bicyclic) bond motifs is 2. The molecule has 5 heterocycles. The van der Waals surface area contributed by atoms with E-state index in [0.717, 1.165) is 42.5 Å². The van der Waals surface area contributed by atoms with Crippen molar-refractivity contribution >= 4 is 38.5 Å². The Hall–Kier alpha value is -3.65. The first-order valence-corrected chi connectivity index (χ1v) is 18.3. The number of piperidine rings is 1. The first-order valence-electron chi connectivity index (χ1n) is 16.7. The summed E-state index contributed by atoms with van der Waals surface area (Å²) in [6.07, 6.45) is -2.52. The molecule has 0 radical (unpaired) electrons. The molecule has 3 saturated heterocycles. The van der Waals surface area contributed by atoms with Crippen molar-refractivity contribution in [1.29, 1.82) is 5.26 Å². The van der Waals surface area contributed by atoms with Gasteiger partial charge >= 0.3 is 6.18 Å². The number of anilines is 2. The Balaban J connectivity index is 1.14. The monoisotopic (exact) mass is 703 g/mol. The van der Waals surface area contributed by atoms with Gasteiger partial charge in [0.1, 0.15) is 18.2 Å². The van der Waals surface area contributed by atoms with Gasteiger partial charge in [-0.25, -0.2) is 18.1 Å². The van der Waals surface area contributed by atoms with Crippen LogP contribution < -0.4 is 14.9 Å². The molecule has 1 aromatic carbocycles. The summed E-state index contributed by atoms with van der Waals surface area (Å²) in [5.74, 6) is -0.0178. The van der Waals surface area contributed by atoms with Gasteiger partial charge < -0.3 is 19.4 Å². The van der Waals surface area contributed by atoms with E-state index in [1.165, 1.54) is 18.9 Å². The van der Waals surface area contributed by atoms with E-state index in [2.05, 4.69) is 66.3 Å². The number of benzene rings is 1. The fourth-order valence-electron chi connectivity index (χ4n) is 8.04. The number of nitriles is 1. The molecule has 0 aliphatic carbocycles. The van der Waals surface area contributed by atoms with Gasteiger partial charge in [0.05, 0.1) is 11.6 Å². The van der Waals surface area contributed by atoms with Crippen molar-refractivity contribution in [1.82, 2.24) is 28.6 Å². The van der Waals surface area contributed by atoms with Crippen molar-refractivity contribution in [3.8, 4) is 6.07 Å². The summed E-state index contributed by atoms with van der Waals surface area (Å²) in [6, 6.07) is 8.93. The molecule has 3 aliphatic rings. The standard InChI is InChI=1S/C33H44F3N9O3S/c1-21(42-11-8-26(9-12-42)49(47,48)38-3)16-45-25(15-37)13-27-22(2)23(5-6-28(27)45)17-43-10-7-24-18-44(19-29(24)43)32-31(39-20-41(32)4)40-30(46)14-33(34,35)36/h5-6,13,20-21,24,26,29,38H,7-12,14,16-19H2,1-4H3,(H,40,46). The van der Waals surface area contributed by atoms with Gasteiger partial charge in [-0.3, -0.25) is 14.6 Å². The summed E-state index contributed by atoms with van der Waals surface area (Å²) in [5, 5.41) is 13.1. The molecule has 266 valence electrons. The molecular formula is C33H44F3N9O3S. The predicted octanol–water partition coefficient (Wildman–Crippen LogP) is 3.56. The highest BCUT2D eigenvalue weighted by Crippen LogP contribution is 2.38. The smallest absolute Gasteiger partial charge is 0.353 e. The predicted molar refractivity (Wildman–Crippen MR) is 180 cm³/mol. The molecule has 3 aliphatic heterocycles. The number of aromatic nitrogens is 3. The van der Waals surface area contributed by atoms with Crippen LogP contribution in [0.2, 0.25) is 0 Å². The molecule has 2 N–H and O–H groups in total. The minimum atomic E-state index is -4.60. The molecule has 3 unspecified atom stereocenters. The Morgan fingerprint density at radius 3 is 2.57 bits per heavy atom. The van der Waals surface area contributed by atoms with Crippen molar-refractivity contribution in [3.63, 3.8) is 0 Å². The molecule has 3 fully saturated rings. The maximum Gasteiger partial charge on any atom is 0.397 e. The van der Waals surface area contributed by atoms with Crippen molar-refractivity contribution in [2.75, 3.05) is 50.0 Å². The first kappa shape index (κ1) is 35.2. The number of aryl methyl sites for hydroxylation is 2. The third-order valence-electron chi connectivity index (χ3n) is 10.7. The fourth-order valence-corrected chi connectivity index (χ4v) is 9.20. The Kier molecular flexibility index (Phi) is 9.75. The zero-order valence-corrected chi connectivity index (χ0v) is 29.1. The molecule has 16 heteroatoms. The lowest BCUT2D eigenvalue weighted by molar-refractivity contribution is -0.150. The number of amides is 1. The van der Waals surface area contributed by atoms with Crippen LogP contribution in [0.3, 0.4) is 0 Å². The van der Waals surface area contributed by atoms with E-state index in [9.17, 15) is 31.6 Å². The number of hydrogen-bond acceptors (Lipinski definition) is 8. The van der Waals surface area contributed by atoms with Crippen molar-refractivity contribution in [2.24, 2.45) is 13.0 Å². The summed E-state index contributed by atoms with van der Waals surface area (Å²) < 4.78 is 69.2. The molecule has 6 rings (SSSR count). The highest BCUT2D eigenvalue weighted by Gasteiger charge is 2.43. The summed E-state index contributed by atoms with van der Waals surface area (Å²) in [5.41, 5.74) is 3.89. The van der Waals surface area contributed by atoms with Crippen molar-refractivity contribution in [2.45, 2.75) is 76.1 Å². The number of halogens is 3. The Bertz CT molecular complexity index is 1860. The zero-order chi connectivity index (χ0) is 35.2. The summed E-state index contributed by atoms with van der Waals surface area (Å²) in [7, 11) is -0.0560. The van der Waals surface area contributed by atoms with E-state index in [1.807, 2.05) is 6.07 Å². The van der Waals surface area contributed by atoms with E-state index in [1.54, 1.807) is 11.6 Å². The molecular weight excluding hydrogens is 659 g/mol. The van der Waals surface area contributed by atoms with E-state index in [0.29, 0.717) is 56.5 Å². The normalized spacial score (nSPS) is 21.7. The average molecular weight is 704 g/mol. The number of carbonyl (C=O) groups is 1. The maximum absolute atomic E-state index is 12.8. The second kappa shape index (κ2) is 13.6. The Morgan fingerprint density at radius 2 is 1.90 bits per heavy atom. The molecule has 12 nitrogen and oxygen atoms in total. The van der Waals surface area contributed by atoms with Crippen LogP contribution in [0.1, 0.15) is 49.4 Å². The number of hydrogen-bond donors (Lipinski definition) is 2. The lowest BCUT2D eigenvalue weighted by Gasteiger charge is -2.36. The van der Waals surface area contributed by atoms with E-state index in [4.69, 9.17) is 0 Å². The summed E-state index contributed by atoms with van der Waals surface area (Å²) >= 11 is 0. The minimum Gasteiger partial charge on any atom is -0.353 e. The number of sulfonamides is 1. The Morgan fingerprint density at radius 1 is 1.16 bits per heavy atom. The van der Waals surface area contributed by atoms with Gasteiger partial charge in [-0.05, 0) is 89.0 Å². The SMILES string of the molecule is CNS(=O)(=O)C1CCN(C(C)Cn2c(C#N)cc3c(C)c(CN4CCC5CN(c6c(NC(=O)CC(F)(F)F)ncn6C)CC54)ccc32)CC1. The molecule has 3 atom stereocenters. The second-order valence-corrected chi connectivity index (χ2v) is 15.9. The van der Waals surface area contributed by atoms with E-state index < -0.39 is 28.5 Å². The number of alkyl halides is 3. The van der Waals surface area contributed by atoms with Gasteiger partial charge in [0.2, 0.25) is 15.9 Å². The number of nitrogens with one attached hydrogen (secondary N) is 2. The minimum absolute atomic E-state index is 0.116. The molecule has 0 saturated carbocycles. The van der Waals surface area contributed by atoms with Gasteiger partial charge in [-0.15, -0.1) is 0 Å². The number of likely N-dealkylation sites (tertiary alicyclic amines) is 2. The van der Waals surface area contributed by atoms with Gasteiger partial charge in [0.25, 0.3) is 0 Å². The number of rotatable bonds is 10. The average Bonchev–Trinajstić information content (AvgIpc) is 3.81. The van der Waals surface area contributed by atoms with Crippen LogP contribution in [0, 0.1) is 24.2 Å². The topological polar surface area (TPSA) is 132 Å². The van der Waals surface area contributed by atoms with Gasteiger partial charge in [0, 0.05) is 56.2 Å². The second-order valence-electron chi connectivity index (χ2n) is 13.7. The number of carbonyl (C=O) groups excluding carboxylic acids is 1. The first-order chi connectivity index (χ1) is 23.2. The highest BCUT2D eigenvalue weighted by atomic mass is 32.2. The van der Waals surface area contributed by atoms with Gasteiger partial charge in [0.15, 0.2) is 11.6 Å². The van der Waals surface area contributed by atoms with Crippen molar-refractivity contribution in [3.05, 3.63) is 41.3 Å². The summed E-state index contributed by atoms with van der Waals surface area (Å²) in [4.78, 5) is 23.1. The Labute approximate surface area is 284 Å². The van der Waals surface area contributed by atoms with Crippen LogP contribution in [-0.4, -0.2) is 102 Å². The third-order valence-corrected chi connectivity index (χ3v) is 12.6. The van der Waals surface area contributed by atoms with Crippen LogP contribution in [0.25, 0.3) is 10.9 Å². The van der Waals surface area contributed by atoms with E-state index >= 15 is 0 Å². The molecule has 0 spiro atoms. The summed E-state index contributed by atoms with van der Waals surface area (Å²) in [6.45, 7) is 9.24. The molecule has 3 aromatic rings. The third kappa shape index (κ3) is 7.17. The number of imidazole rings is 1. The van der Waals surface area contributed by atoms with Crippen LogP contribution >= 0.6 is 0 Å². The van der Waals surface area contributed by atoms with Gasteiger partial charge in [-0.1, -0.05) is 6.07 Å². The molecule has 49 heavy (non-hydrogen) atoms. The molecule has 2 aromatic heterocycles. The van der Waals surface area contributed by atoms with Crippen LogP contribution in [0.4, 0.5) is 24.8 Å². The number of nitrogens with zero attached hydrogens (tertiary/aromatic N) is 7. The van der Waals surface area contributed by atoms with Crippen molar-refractivity contribution < 1.29 is 26.4 Å². The van der Waals surface area contributed by atoms with Crippen LogP contribution in [0.15, 0.2) is 24.5 Å². The van der Waals surface area contributed by atoms with E-state index in [-0.39, 0.29) is 23.2 Å². The highest BCUT2D eigenvalue weighted by molar-refractivity contribution is 7.90. The fraction of sp³-hybridized carbons (Fsp3) is 0.606. The quantitative estimate of drug-likeness (QED) is 0.328. The van der Waals surface area contributed by atoms with Crippen LogP contribution in [-0.2, 0) is 35.0 Å². The largest absolute Gasteiger partial charge is 0.397 e.